The molecule has 72 valence electrons. The Morgan fingerprint density at radius 1 is 1.25 bits per heavy atom. The lowest BCUT2D eigenvalue weighted by Gasteiger charge is -2.17. The second-order valence-electron chi connectivity index (χ2n) is 3.96. The first-order valence-corrected chi connectivity index (χ1v) is 4.41. The smallest absolute Gasteiger partial charge is 0.225 e. The predicted octanol–water partition coefficient (Wildman–Crippen LogP) is 0.758. The number of rotatable bonds is 4. The summed E-state index contributed by atoms with van der Waals surface area (Å²) in [5.74, 6) is 0.124. The molecule has 3 heteroatoms. The normalized spacial score (nSPS) is 11.3. The topological polar surface area (TPSA) is 41.1 Å². The van der Waals surface area contributed by atoms with E-state index in [1.54, 1.807) is 0 Å². The van der Waals surface area contributed by atoms with E-state index in [1.165, 1.54) is 0 Å². The Morgan fingerprint density at radius 3 is 2.25 bits per heavy atom. The minimum Gasteiger partial charge on any atom is -0.356 e. The van der Waals surface area contributed by atoms with Crippen LogP contribution in [0.4, 0.5) is 0 Å². The van der Waals surface area contributed by atoms with Gasteiger partial charge in [0.25, 0.3) is 0 Å². The van der Waals surface area contributed by atoms with Crippen molar-refractivity contribution >= 4 is 5.91 Å². The van der Waals surface area contributed by atoms with E-state index in [4.69, 9.17) is 0 Å². The maximum absolute atomic E-state index is 11.3. The number of carbonyl (C=O) groups is 1. The van der Waals surface area contributed by atoms with E-state index < -0.39 is 0 Å². The van der Waals surface area contributed by atoms with Gasteiger partial charge in [-0.05, 0) is 20.0 Å². The summed E-state index contributed by atoms with van der Waals surface area (Å²) in [6.07, 6.45) is 0.984. The molecule has 3 nitrogen and oxygen atoms in total. The molecule has 12 heavy (non-hydrogen) atoms. The molecule has 0 atom stereocenters. The molecule has 0 aromatic heterocycles. The van der Waals surface area contributed by atoms with Crippen molar-refractivity contribution in [2.24, 2.45) is 5.41 Å². The average Bonchev–Trinajstić information content (AvgIpc) is 1.96. The van der Waals surface area contributed by atoms with Crippen LogP contribution in [0.15, 0.2) is 0 Å². The Balaban J connectivity index is 3.45. The van der Waals surface area contributed by atoms with Gasteiger partial charge in [0.1, 0.15) is 0 Å². The first-order valence-electron chi connectivity index (χ1n) is 4.41. The zero-order chi connectivity index (χ0) is 9.61. The first kappa shape index (κ1) is 11.4. The number of hydrogen-bond donors (Lipinski definition) is 2. The van der Waals surface area contributed by atoms with E-state index in [9.17, 15) is 4.79 Å². The summed E-state index contributed by atoms with van der Waals surface area (Å²) in [6.45, 7) is 7.46. The van der Waals surface area contributed by atoms with Crippen LogP contribution in [0.5, 0.6) is 0 Å². The molecule has 0 saturated heterocycles. The third kappa shape index (κ3) is 5.13. The number of hydrogen-bond acceptors (Lipinski definition) is 2. The lowest BCUT2D eigenvalue weighted by Crippen LogP contribution is -2.36. The predicted molar refractivity (Wildman–Crippen MR) is 51.0 cm³/mol. The molecule has 0 aliphatic rings. The fourth-order valence-electron chi connectivity index (χ4n) is 0.732. The summed E-state index contributed by atoms with van der Waals surface area (Å²) in [6, 6.07) is 0. The van der Waals surface area contributed by atoms with Gasteiger partial charge in [-0.25, -0.2) is 0 Å². The molecule has 2 N–H and O–H groups in total. The Hall–Kier alpha value is -0.570. The number of carbonyl (C=O) groups excluding carboxylic acids is 1. The van der Waals surface area contributed by atoms with E-state index in [2.05, 4.69) is 10.6 Å². The van der Waals surface area contributed by atoms with Crippen molar-refractivity contribution in [1.82, 2.24) is 10.6 Å². The van der Waals surface area contributed by atoms with Crippen molar-refractivity contribution in [2.45, 2.75) is 27.2 Å². The van der Waals surface area contributed by atoms with Gasteiger partial charge < -0.3 is 10.6 Å². The van der Waals surface area contributed by atoms with Crippen LogP contribution in [-0.2, 0) is 4.79 Å². The van der Waals surface area contributed by atoms with Gasteiger partial charge in [-0.15, -0.1) is 0 Å². The van der Waals surface area contributed by atoms with E-state index in [1.807, 2.05) is 27.8 Å². The molecule has 0 saturated carbocycles. The van der Waals surface area contributed by atoms with Gasteiger partial charge in [-0.2, -0.15) is 0 Å². The fourth-order valence-corrected chi connectivity index (χ4v) is 0.732. The molecular weight excluding hydrogens is 152 g/mol. The largest absolute Gasteiger partial charge is 0.356 e. The van der Waals surface area contributed by atoms with Crippen LogP contribution in [0.2, 0.25) is 0 Å². The molecule has 0 rings (SSSR count). The summed E-state index contributed by atoms with van der Waals surface area (Å²) in [7, 11) is 1.91. The van der Waals surface area contributed by atoms with Gasteiger partial charge >= 0.3 is 0 Å². The van der Waals surface area contributed by atoms with Crippen LogP contribution in [-0.4, -0.2) is 26.0 Å². The van der Waals surface area contributed by atoms with Gasteiger partial charge in [-0.3, -0.25) is 4.79 Å². The zero-order valence-corrected chi connectivity index (χ0v) is 8.53. The SMILES string of the molecule is CNCCCNC(=O)C(C)(C)C. The quantitative estimate of drug-likeness (QED) is 0.615. The maximum atomic E-state index is 11.3. The summed E-state index contributed by atoms with van der Waals surface area (Å²) in [5.41, 5.74) is -0.264. The summed E-state index contributed by atoms with van der Waals surface area (Å²) in [4.78, 5) is 11.3. The van der Waals surface area contributed by atoms with Crippen molar-refractivity contribution in [2.75, 3.05) is 20.1 Å². The highest BCUT2D eigenvalue weighted by molar-refractivity contribution is 5.81. The molecule has 0 heterocycles. The number of amides is 1. The monoisotopic (exact) mass is 172 g/mol. The van der Waals surface area contributed by atoms with Crippen LogP contribution in [0, 0.1) is 5.41 Å². The summed E-state index contributed by atoms with van der Waals surface area (Å²) in [5, 5.41) is 5.91. The molecule has 0 unspecified atom stereocenters. The van der Waals surface area contributed by atoms with Gasteiger partial charge in [0.2, 0.25) is 5.91 Å². The summed E-state index contributed by atoms with van der Waals surface area (Å²) >= 11 is 0. The Morgan fingerprint density at radius 2 is 1.83 bits per heavy atom. The molecule has 0 aliphatic carbocycles. The highest BCUT2D eigenvalue weighted by atomic mass is 16.2. The van der Waals surface area contributed by atoms with Gasteiger partial charge in [-0.1, -0.05) is 20.8 Å². The van der Waals surface area contributed by atoms with Crippen molar-refractivity contribution < 1.29 is 4.79 Å². The van der Waals surface area contributed by atoms with Crippen LogP contribution in [0.3, 0.4) is 0 Å². The van der Waals surface area contributed by atoms with Crippen molar-refractivity contribution in [3.05, 3.63) is 0 Å². The van der Waals surface area contributed by atoms with E-state index in [-0.39, 0.29) is 11.3 Å². The minimum atomic E-state index is -0.264. The molecule has 1 amide bonds. The molecule has 0 aromatic rings. The highest BCUT2D eigenvalue weighted by Gasteiger charge is 2.19. The molecule has 0 radical (unpaired) electrons. The van der Waals surface area contributed by atoms with E-state index in [0.29, 0.717) is 0 Å². The number of nitrogens with one attached hydrogen (secondary N) is 2. The molecular formula is C9H20N2O. The van der Waals surface area contributed by atoms with Gasteiger partial charge in [0.05, 0.1) is 0 Å². The molecule has 0 spiro atoms. The second-order valence-corrected chi connectivity index (χ2v) is 3.96. The Kier molecular flexibility index (Phi) is 4.90. The second kappa shape index (κ2) is 5.14. The van der Waals surface area contributed by atoms with Crippen LogP contribution in [0.25, 0.3) is 0 Å². The zero-order valence-electron chi connectivity index (χ0n) is 8.53. The van der Waals surface area contributed by atoms with Gasteiger partial charge in [0, 0.05) is 12.0 Å². The minimum absolute atomic E-state index is 0.124. The molecule has 0 bridgehead atoms. The van der Waals surface area contributed by atoms with Crippen LogP contribution < -0.4 is 10.6 Å². The van der Waals surface area contributed by atoms with Gasteiger partial charge in [0.15, 0.2) is 0 Å². The maximum Gasteiger partial charge on any atom is 0.225 e. The third-order valence-electron chi connectivity index (χ3n) is 1.57. The van der Waals surface area contributed by atoms with E-state index in [0.717, 1.165) is 19.5 Å². The molecule has 0 aromatic carbocycles. The standard InChI is InChI=1S/C9H20N2O/c1-9(2,3)8(12)11-7-5-6-10-4/h10H,5-7H2,1-4H3,(H,11,12). The van der Waals surface area contributed by atoms with E-state index >= 15 is 0 Å². The first-order chi connectivity index (χ1) is 5.48. The van der Waals surface area contributed by atoms with Crippen molar-refractivity contribution in [1.29, 1.82) is 0 Å². The van der Waals surface area contributed by atoms with Crippen LogP contribution in [0.1, 0.15) is 27.2 Å². The Bertz CT molecular complexity index is 138. The lowest BCUT2D eigenvalue weighted by molar-refractivity contribution is -0.128. The third-order valence-corrected chi connectivity index (χ3v) is 1.57. The van der Waals surface area contributed by atoms with Crippen LogP contribution >= 0.6 is 0 Å². The molecule has 0 fully saturated rings. The average molecular weight is 172 g/mol. The lowest BCUT2D eigenvalue weighted by atomic mass is 9.96. The summed E-state index contributed by atoms with van der Waals surface area (Å²) < 4.78 is 0. The Labute approximate surface area is 74.9 Å². The molecule has 0 aliphatic heterocycles. The fraction of sp³-hybridized carbons (Fsp3) is 0.889. The highest BCUT2D eigenvalue weighted by Crippen LogP contribution is 2.11. The van der Waals surface area contributed by atoms with Crippen molar-refractivity contribution in [3.63, 3.8) is 0 Å². The van der Waals surface area contributed by atoms with Crippen molar-refractivity contribution in [3.8, 4) is 0 Å².